The quantitative estimate of drug-likeness (QED) is 0.105. The number of nitrogens with zero attached hydrogens (tertiary/aromatic N) is 4. The van der Waals surface area contributed by atoms with E-state index in [4.69, 9.17) is 14.5 Å². The Hall–Kier alpha value is -6.09. The molecule has 14 nitrogen and oxygen atoms in total. The number of carbonyl (C=O) groups excluding carboxylic acids is 4. The predicted molar refractivity (Wildman–Crippen MR) is 262 cm³/mol. The van der Waals surface area contributed by atoms with Crippen molar-refractivity contribution in [2.75, 3.05) is 33.9 Å². The topological polar surface area (TPSA) is 167 Å². The number of aryl methyl sites for hydroxylation is 1. The van der Waals surface area contributed by atoms with E-state index in [1.54, 1.807) is 32.5 Å². The van der Waals surface area contributed by atoms with E-state index in [9.17, 15) is 24.3 Å². The van der Waals surface area contributed by atoms with Gasteiger partial charge in [0.2, 0.25) is 11.8 Å². The first-order chi connectivity index (χ1) is 32.6. The summed E-state index contributed by atoms with van der Waals surface area (Å²) in [5.41, 5.74) is 10.7. The monoisotopic (exact) mass is 926 g/mol. The maximum atomic E-state index is 14.8. The summed E-state index contributed by atoms with van der Waals surface area (Å²) >= 11 is 0. The fourth-order valence-corrected chi connectivity index (χ4v) is 10.6. The maximum absolute atomic E-state index is 14.8. The molecule has 360 valence electrons. The molecule has 5 heterocycles. The van der Waals surface area contributed by atoms with Gasteiger partial charge in [-0.05, 0) is 116 Å². The summed E-state index contributed by atoms with van der Waals surface area (Å²) in [7, 11) is 3.35. The summed E-state index contributed by atoms with van der Waals surface area (Å²) in [6.45, 7) is 13.8. The van der Waals surface area contributed by atoms with Crippen LogP contribution in [0.1, 0.15) is 95.3 Å². The van der Waals surface area contributed by atoms with Crippen molar-refractivity contribution in [3.8, 4) is 28.1 Å². The molecule has 6 bridgehead atoms. The summed E-state index contributed by atoms with van der Waals surface area (Å²) in [6, 6.07) is 22.4. The lowest BCUT2D eigenvalue weighted by Gasteiger charge is -2.37. The number of hydrazine groups is 1. The molecule has 4 N–H and O–H groups in total. The number of aromatic hydroxyl groups is 1. The van der Waals surface area contributed by atoms with Crippen LogP contribution in [-0.4, -0.2) is 100 Å². The number of rotatable bonds is 10. The summed E-state index contributed by atoms with van der Waals surface area (Å²) in [5.74, 6) is -2.21. The van der Waals surface area contributed by atoms with Crippen LogP contribution in [0.2, 0.25) is 0 Å². The molecule has 5 aromatic rings. The number of nitrogens with one attached hydrogen (secondary N) is 3. The summed E-state index contributed by atoms with van der Waals surface area (Å²) < 4.78 is 14.3. The van der Waals surface area contributed by atoms with Crippen molar-refractivity contribution in [1.29, 1.82) is 0 Å². The first-order valence-corrected chi connectivity index (χ1v) is 24.1. The van der Waals surface area contributed by atoms with Crippen molar-refractivity contribution in [3.63, 3.8) is 0 Å². The van der Waals surface area contributed by atoms with Crippen LogP contribution in [0, 0.1) is 17.3 Å². The van der Waals surface area contributed by atoms with Crippen molar-refractivity contribution < 1.29 is 33.8 Å². The maximum Gasteiger partial charge on any atom is 0.324 e. The van der Waals surface area contributed by atoms with E-state index in [1.165, 1.54) is 9.91 Å². The molecule has 3 aromatic carbocycles. The van der Waals surface area contributed by atoms with Gasteiger partial charge in [-0.15, -0.1) is 0 Å². The van der Waals surface area contributed by atoms with Crippen LogP contribution in [0.25, 0.3) is 33.3 Å². The third kappa shape index (κ3) is 9.90. The molecule has 0 saturated carbocycles. The average Bonchev–Trinajstić information content (AvgIpc) is 3.94. The zero-order valence-electron chi connectivity index (χ0n) is 40.7. The standard InChI is InChI=1S/C54H67N7O7/c1-9-60-45-20-19-36-29-41(45)42(49(60)39-17-13-22-55-46(39)33(4)67-8)30-54(5,6)31-68-53(66)43-18-14-24-61(58-43)52(65)44(27-34-25-37(36)28-38(62)26-34)57-50(63)48(32(2)3)59(7)51(64)40-21-23-56-47(40)35-15-11-10-12-16-35/h10-13,15-17,19-20,22,25-26,28-29,32-33,40,43-44,47-48,56,58,62H,9,14,18,21,23-24,27,30-31H2,1-8H3,(H,57,63)/t33-,40+,43-,44-,47+,48?/m0/s1. The first kappa shape index (κ1) is 48.4. The highest BCUT2D eigenvalue weighted by atomic mass is 16.5. The van der Waals surface area contributed by atoms with E-state index in [1.807, 2.05) is 69.3 Å². The van der Waals surface area contributed by atoms with Gasteiger partial charge < -0.3 is 34.7 Å². The minimum atomic E-state index is -1.13. The molecule has 6 atom stereocenters. The lowest BCUT2D eigenvalue weighted by atomic mass is 9.84. The average molecular weight is 926 g/mol. The van der Waals surface area contributed by atoms with Crippen molar-refractivity contribution in [2.24, 2.45) is 17.3 Å². The zero-order chi connectivity index (χ0) is 48.4. The lowest BCUT2D eigenvalue weighted by Crippen LogP contribution is -2.62. The zero-order valence-corrected chi connectivity index (χ0v) is 40.7. The second-order valence-corrected chi connectivity index (χ2v) is 19.9. The van der Waals surface area contributed by atoms with Crippen LogP contribution in [-0.2, 0) is 48.0 Å². The Labute approximate surface area is 399 Å². The molecule has 2 fully saturated rings. The van der Waals surface area contributed by atoms with Gasteiger partial charge in [0.15, 0.2) is 0 Å². The van der Waals surface area contributed by atoms with Gasteiger partial charge >= 0.3 is 5.97 Å². The lowest BCUT2D eigenvalue weighted by molar-refractivity contribution is -0.155. The number of methoxy groups -OCH3 is 1. The minimum absolute atomic E-state index is 0.00805. The highest BCUT2D eigenvalue weighted by Crippen LogP contribution is 2.42. The number of likely N-dealkylation sites (N-methyl/N-ethyl adjacent to an activating group) is 1. The number of hydrogen-bond acceptors (Lipinski definition) is 10. The summed E-state index contributed by atoms with van der Waals surface area (Å²) in [6.07, 6.45) is 3.68. The van der Waals surface area contributed by atoms with Crippen molar-refractivity contribution >= 4 is 34.6 Å². The molecular formula is C54H67N7O7. The Morgan fingerprint density at radius 3 is 2.53 bits per heavy atom. The fourth-order valence-electron chi connectivity index (χ4n) is 10.6. The third-order valence-electron chi connectivity index (χ3n) is 14.0. The molecule has 3 amide bonds. The van der Waals surface area contributed by atoms with Crippen LogP contribution in [0.5, 0.6) is 5.75 Å². The van der Waals surface area contributed by atoms with Crippen molar-refractivity contribution in [3.05, 3.63) is 107 Å². The van der Waals surface area contributed by atoms with Crippen molar-refractivity contribution in [2.45, 2.75) is 110 Å². The Morgan fingerprint density at radius 2 is 1.79 bits per heavy atom. The number of ether oxygens (including phenoxy) is 2. The number of cyclic esters (lactones) is 1. The Morgan fingerprint density at radius 1 is 1.01 bits per heavy atom. The van der Waals surface area contributed by atoms with E-state index in [2.05, 4.69) is 59.6 Å². The van der Waals surface area contributed by atoms with E-state index in [0.29, 0.717) is 50.9 Å². The third-order valence-corrected chi connectivity index (χ3v) is 14.0. The minimum Gasteiger partial charge on any atom is -0.508 e. The molecule has 8 rings (SSSR count). The molecular weight excluding hydrogens is 859 g/mol. The van der Waals surface area contributed by atoms with Crippen LogP contribution < -0.4 is 16.1 Å². The normalized spacial score (nSPS) is 21.8. The van der Waals surface area contributed by atoms with Crippen LogP contribution in [0.3, 0.4) is 0 Å². The number of pyridine rings is 1. The molecule has 14 heteroatoms. The second kappa shape index (κ2) is 20.2. The van der Waals surface area contributed by atoms with Gasteiger partial charge in [-0.2, -0.15) is 0 Å². The van der Waals surface area contributed by atoms with E-state index >= 15 is 0 Å². The van der Waals surface area contributed by atoms with E-state index < -0.39 is 41.3 Å². The number of fused-ring (bicyclic) bond motifs is 6. The summed E-state index contributed by atoms with van der Waals surface area (Å²) in [5, 5.41) is 20.4. The first-order valence-electron chi connectivity index (χ1n) is 24.1. The second-order valence-electron chi connectivity index (χ2n) is 19.9. The smallest absolute Gasteiger partial charge is 0.324 e. The highest BCUT2D eigenvalue weighted by Gasteiger charge is 2.41. The van der Waals surface area contributed by atoms with Crippen LogP contribution in [0.15, 0.2) is 85.1 Å². The number of esters is 1. The van der Waals surface area contributed by atoms with E-state index in [-0.39, 0.29) is 48.7 Å². The molecule has 2 aromatic heterocycles. The van der Waals surface area contributed by atoms with Gasteiger partial charge in [0.1, 0.15) is 23.9 Å². The predicted octanol–water partition coefficient (Wildman–Crippen LogP) is 7.29. The molecule has 3 aliphatic heterocycles. The number of hydrogen-bond donors (Lipinski definition) is 4. The summed E-state index contributed by atoms with van der Waals surface area (Å²) in [4.78, 5) is 64.2. The molecule has 1 unspecified atom stereocenters. The van der Waals surface area contributed by atoms with E-state index in [0.717, 1.165) is 50.1 Å². The number of aromatic nitrogens is 2. The molecule has 2 saturated heterocycles. The number of amides is 3. The van der Waals surface area contributed by atoms with Crippen LogP contribution >= 0.6 is 0 Å². The number of benzene rings is 3. The van der Waals surface area contributed by atoms with Gasteiger partial charge in [0.05, 0.1) is 30.0 Å². The van der Waals surface area contributed by atoms with Gasteiger partial charge in [-0.1, -0.05) is 70.2 Å². The highest BCUT2D eigenvalue weighted by molar-refractivity contribution is 5.96. The van der Waals surface area contributed by atoms with Gasteiger partial charge in [-0.3, -0.25) is 29.2 Å². The largest absolute Gasteiger partial charge is 0.508 e. The fraction of sp³-hybridized carbons (Fsp3) is 0.463. The van der Waals surface area contributed by atoms with Gasteiger partial charge in [0, 0.05) is 67.8 Å². The Balaban J connectivity index is 1.20. The van der Waals surface area contributed by atoms with Crippen molar-refractivity contribution in [1.82, 2.24) is 35.5 Å². The molecule has 0 spiro atoms. The molecule has 0 radical (unpaired) electrons. The number of phenolic OH excluding ortho intramolecular Hbond substituents is 1. The van der Waals surface area contributed by atoms with Gasteiger partial charge in [-0.25, -0.2) is 5.43 Å². The molecule has 68 heavy (non-hydrogen) atoms. The SMILES string of the molecule is CCn1c(-c2cccnc2[C@H](C)OC)c2c3cc(ccc31)-c1cc(O)cc(c1)C[C@H](NC(=O)C(C(C)C)N(C)C(=O)[C@@H]1CCN[C@@H]1c1ccccc1)C(=O)N1CCC[C@H](N1)C(=O)OCC(C)(C)C2. The van der Waals surface area contributed by atoms with Crippen LogP contribution in [0.4, 0.5) is 0 Å². The Bertz CT molecular complexity index is 2660. The van der Waals surface area contributed by atoms with Gasteiger partial charge in [0.25, 0.3) is 5.91 Å². The number of phenols is 1. The molecule has 0 aliphatic carbocycles. The Kier molecular flexibility index (Phi) is 14.4. The number of carbonyl (C=O) groups is 4. The molecule has 3 aliphatic rings.